The highest BCUT2D eigenvalue weighted by Crippen LogP contribution is 2.27. The average Bonchev–Trinajstić information content (AvgIpc) is 2.77. The minimum atomic E-state index is 0.197. The molecule has 0 radical (unpaired) electrons. The fourth-order valence-corrected chi connectivity index (χ4v) is 1.97. The summed E-state index contributed by atoms with van der Waals surface area (Å²) < 4.78 is 5.83. The van der Waals surface area contributed by atoms with Gasteiger partial charge in [0, 0.05) is 20.0 Å². The first-order valence-corrected chi connectivity index (χ1v) is 6.02. The van der Waals surface area contributed by atoms with Crippen molar-refractivity contribution in [3.63, 3.8) is 0 Å². The number of aliphatic imine (C=N–C) groups is 1. The highest BCUT2D eigenvalue weighted by molar-refractivity contribution is 5.79. The minimum absolute atomic E-state index is 0.197. The molecule has 0 spiro atoms. The number of nitrogens with one attached hydrogen (secondary N) is 2. The highest BCUT2D eigenvalue weighted by Gasteiger charge is 2.21. The van der Waals surface area contributed by atoms with Crippen molar-refractivity contribution in [1.82, 2.24) is 10.6 Å². The fourth-order valence-electron chi connectivity index (χ4n) is 1.97. The molecule has 0 amide bonds. The molecule has 0 saturated heterocycles. The number of hydrogen-bond donors (Lipinski definition) is 2. The number of rotatable bonds is 3. The van der Waals surface area contributed by atoms with Crippen LogP contribution in [0.15, 0.2) is 29.3 Å². The molecular formula is C13H19N3O. The van der Waals surface area contributed by atoms with E-state index in [1.165, 1.54) is 5.56 Å². The number of hydrogen-bond acceptors (Lipinski definition) is 2. The molecular weight excluding hydrogens is 214 g/mol. The van der Waals surface area contributed by atoms with Crippen LogP contribution in [0.1, 0.15) is 12.5 Å². The Hall–Kier alpha value is -1.71. The molecule has 0 fully saturated rings. The van der Waals surface area contributed by atoms with Crippen LogP contribution in [-0.2, 0) is 6.42 Å². The molecule has 2 N–H and O–H groups in total. The molecule has 4 heteroatoms. The molecule has 1 heterocycles. The van der Waals surface area contributed by atoms with E-state index in [1.54, 1.807) is 7.05 Å². The van der Waals surface area contributed by atoms with Gasteiger partial charge in [0.15, 0.2) is 5.96 Å². The average molecular weight is 233 g/mol. The van der Waals surface area contributed by atoms with Crippen LogP contribution in [-0.4, -0.2) is 32.2 Å². The minimum Gasteiger partial charge on any atom is -0.488 e. The molecule has 0 aliphatic carbocycles. The summed E-state index contributed by atoms with van der Waals surface area (Å²) in [6.07, 6.45) is 1.16. The Morgan fingerprint density at radius 1 is 1.41 bits per heavy atom. The Morgan fingerprint density at radius 3 is 2.94 bits per heavy atom. The molecule has 2 rings (SSSR count). The Kier molecular flexibility index (Phi) is 3.85. The zero-order chi connectivity index (χ0) is 12.1. The van der Waals surface area contributed by atoms with Gasteiger partial charge in [-0.2, -0.15) is 0 Å². The molecule has 0 aromatic heterocycles. The van der Waals surface area contributed by atoms with Gasteiger partial charge in [-0.15, -0.1) is 0 Å². The number of fused-ring (bicyclic) bond motifs is 1. The van der Waals surface area contributed by atoms with E-state index in [4.69, 9.17) is 4.74 Å². The van der Waals surface area contributed by atoms with Crippen LogP contribution >= 0.6 is 0 Å². The molecule has 0 bridgehead atoms. The lowest BCUT2D eigenvalue weighted by Crippen LogP contribution is -2.42. The van der Waals surface area contributed by atoms with Crippen molar-refractivity contribution < 1.29 is 4.74 Å². The Balaban J connectivity index is 1.84. The van der Waals surface area contributed by atoms with E-state index in [-0.39, 0.29) is 6.10 Å². The number of para-hydroxylation sites is 1. The normalized spacial score (nSPS) is 18.5. The number of nitrogens with zero attached hydrogens (tertiary/aromatic N) is 1. The summed E-state index contributed by atoms with van der Waals surface area (Å²) in [4.78, 5) is 4.13. The summed E-state index contributed by atoms with van der Waals surface area (Å²) >= 11 is 0. The molecule has 0 saturated carbocycles. The zero-order valence-electron chi connectivity index (χ0n) is 10.4. The van der Waals surface area contributed by atoms with Crippen molar-refractivity contribution >= 4 is 5.96 Å². The lowest BCUT2D eigenvalue weighted by molar-refractivity contribution is 0.235. The SMILES string of the molecule is CCNC(=NC)NCC1Cc2ccccc2O1. The largest absolute Gasteiger partial charge is 0.488 e. The fraction of sp³-hybridized carbons (Fsp3) is 0.462. The van der Waals surface area contributed by atoms with E-state index in [9.17, 15) is 0 Å². The maximum absolute atomic E-state index is 5.83. The maximum atomic E-state index is 5.83. The van der Waals surface area contributed by atoms with Gasteiger partial charge in [-0.1, -0.05) is 18.2 Å². The molecule has 92 valence electrons. The van der Waals surface area contributed by atoms with E-state index in [0.717, 1.165) is 31.2 Å². The van der Waals surface area contributed by atoms with Gasteiger partial charge in [-0.05, 0) is 18.6 Å². The number of ether oxygens (including phenoxy) is 1. The second kappa shape index (κ2) is 5.57. The van der Waals surface area contributed by atoms with Crippen LogP contribution in [0.3, 0.4) is 0 Å². The second-order valence-electron chi connectivity index (χ2n) is 4.04. The summed E-state index contributed by atoms with van der Waals surface area (Å²) in [5, 5.41) is 6.42. The lowest BCUT2D eigenvalue weighted by Gasteiger charge is -2.14. The lowest BCUT2D eigenvalue weighted by atomic mass is 10.1. The second-order valence-corrected chi connectivity index (χ2v) is 4.04. The van der Waals surface area contributed by atoms with E-state index >= 15 is 0 Å². The zero-order valence-corrected chi connectivity index (χ0v) is 10.4. The number of benzene rings is 1. The van der Waals surface area contributed by atoms with Crippen LogP contribution in [0.2, 0.25) is 0 Å². The molecule has 4 nitrogen and oxygen atoms in total. The molecule has 1 aromatic rings. The third kappa shape index (κ3) is 2.90. The maximum Gasteiger partial charge on any atom is 0.191 e. The van der Waals surface area contributed by atoms with Gasteiger partial charge in [-0.25, -0.2) is 0 Å². The van der Waals surface area contributed by atoms with E-state index in [1.807, 2.05) is 12.1 Å². The van der Waals surface area contributed by atoms with Gasteiger partial charge < -0.3 is 15.4 Å². The molecule has 1 aromatic carbocycles. The van der Waals surface area contributed by atoms with Crippen molar-refractivity contribution in [1.29, 1.82) is 0 Å². The van der Waals surface area contributed by atoms with Crippen molar-refractivity contribution in [3.05, 3.63) is 29.8 Å². The first-order chi connectivity index (χ1) is 8.33. The van der Waals surface area contributed by atoms with Crippen LogP contribution in [0, 0.1) is 0 Å². The summed E-state index contributed by atoms with van der Waals surface area (Å²) in [6, 6.07) is 8.20. The topological polar surface area (TPSA) is 45.7 Å². The van der Waals surface area contributed by atoms with Crippen molar-refractivity contribution in [2.24, 2.45) is 4.99 Å². The standard InChI is InChI=1S/C13H19N3O/c1-3-15-13(14-2)16-9-11-8-10-6-4-5-7-12(10)17-11/h4-7,11H,3,8-9H2,1-2H3,(H2,14,15,16). The summed E-state index contributed by atoms with van der Waals surface area (Å²) in [5.74, 6) is 1.84. The summed E-state index contributed by atoms with van der Waals surface area (Å²) in [7, 11) is 1.77. The third-order valence-corrected chi connectivity index (χ3v) is 2.78. The Bertz CT molecular complexity index is 378. The summed E-state index contributed by atoms with van der Waals surface area (Å²) in [5.41, 5.74) is 1.29. The van der Waals surface area contributed by atoms with E-state index in [2.05, 4.69) is 34.7 Å². The molecule has 1 aliphatic heterocycles. The highest BCUT2D eigenvalue weighted by atomic mass is 16.5. The number of guanidine groups is 1. The molecule has 1 aliphatic rings. The molecule has 17 heavy (non-hydrogen) atoms. The molecule has 1 atom stereocenters. The Morgan fingerprint density at radius 2 is 2.24 bits per heavy atom. The van der Waals surface area contributed by atoms with Gasteiger partial charge in [0.25, 0.3) is 0 Å². The van der Waals surface area contributed by atoms with Gasteiger partial charge in [0.05, 0.1) is 6.54 Å². The van der Waals surface area contributed by atoms with Crippen LogP contribution in [0.5, 0.6) is 5.75 Å². The van der Waals surface area contributed by atoms with Crippen molar-refractivity contribution in [3.8, 4) is 5.75 Å². The predicted octanol–water partition coefficient (Wildman–Crippen LogP) is 1.17. The predicted molar refractivity (Wildman–Crippen MR) is 69.6 cm³/mol. The first-order valence-electron chi connectivity index (χ1n) is 6.02. The van der Waals surface area contributed by atoms with E-state index in [0.29, 0.717) is 0 Å². The van der Waals surface area contributed by atoms with Gasteiger partial charge >= 0.3 is 0 Å². The smallest absolute Gasteiger partial charge is 0.191 e. The van der Waals surface area contributed by atoms with Crippen LogP contribution in [0.25, 0.3) is 0 Å². The quantitative estimate of drug-likeness (QED) is 0.608. The van der Waals surface area contributed by atoms with Crippen LogP contribution in [0.4, 0.5) is 0 Å². The van der Waals surface area contributed by atoms with Crippen molar-refractivity contribution in [2.45, 2.75) is 19.4 Å². The summed E-state index contributed by atoms with van der Waals surface area (Å²) in [6.45, 7) is 3.69. The van der Waals surface area contributed by atoms with Crippen molar-refractivity contribution in [2.75, 3.05) is 20.1 Å². The van der Waals surface area contributed by atoms with Gasteiger partial charge in [0.1, 0.15) is 11.9 Å². The monoisotopic (exact) mass is 233 g/mol. The van der Waals surface area contributed by atoms with Gasteiger partial charge in [0.2, 0.25) is 0 Å². The Labute approximate surface area is 102 Å². The molecule has 1 unspecified atom stereocenters. The van der Waals surface area contributed by atoms with E-state index < -0.39 is 0 Å². The van der Waals surface area contributed by atoms with Gasteiger partial charge in [-0.3, -0.25) is 4.99 Å². The third-order valence-electron chi connectivity index (χ3n) is 2.78. The van der Waals surface area contributed by atoms with Crippen LogP contribution < -0.4 is 15.4 Å². The first kappa shape index (κ1) is 11.8.